The number of fused-ring (bicyclic) bond motifs is 1. The van der Waals surface area contributed by atoms with Gasteiger partial charge >= 0.3 is 0 Å². The van der Waals surface area contributed by atoms with Crippen molar-refractivity contribution in [3.05, 3.63) is 29.3 Å². The molecule has 19 heavy (non-hydrogen) atoms. The van der Waals surface area contributed by atoms with Crippen LogP contribution in [0.5, 0.6) is 5.75 Å². The maximum atomic E-state index is 9.69. The second-order valence-corrected chi connectivity index (χ2v) is 6.42. The summed E-state index contributed by atoms with van der Waals surface area (Å²) >= 11 is 0. The second kappa shape index (κ2) is 5.51. The smallest absolute Gasteiger partial charge is 0.115 e. The van der Waals surface area contributed by atoms with Crippen LogP contribution in [0, 0.1) is 0 Å². The lowest BCUT2D eigenvalue weighted by Gasteiger charge is -2.36. The van der Waals surface area contributed by atoms with Crippen molar-refractivity contribution in [2.24, 2.45) is 0 Å². The normalized spacial score (nSPS) is 19.5. The molecule has 0 saturated carbocycles. The van der Waals surface area contributed by atoms with Gasteiger partial charge in [0.15, 0.2) is 0 Å². The molecule has 0 radical (unpaired) electrons. The van der Waals surface area contributed by atoms with Crippen LogP contribution in [0.2, 0.25) is 0 Å². The lowest BCUT2D eigenvalue weighted by Crippen LogP contribution is -2.47. The first kappa shape index (κ1) is 14.4. The molecule has 0 amide bonds. The Hall–Kier alpha value is -1.06. The van der Waals surface area contributed by atoms with Crippen LogP contribution in [0.25, 0.3) is 0 Å². The summed E-state index contributed by atoms with van der Waals surface area (Å²) in [6.45, 7) is 5.43. The molecule has 0 heterocycles. The van der Waals surface area contributed by atoms with Crippen molar-refractivity contribution in [1.82, 2.24) is 10.2 Å². The first-order valence-electron chi connectivity index (χ1n) is 7.13. The number of nitrogens with zero attached hydrogens (tertiary/aromatic N) is 1. The Balaban J connectivity index is 2.09. The molecule has 1 aromatic rings. The lowest BCUT2D eigenvalue weighted by atomic mass is 9.87. The fraction of sp³-hybridized carbons (Fsp3) is 0.625. The quantitative estimate of drug-likeness (QED) is 0.876. The van der Waals surface area contributed by atoms with Crippen LogP contribution in [-0.4, -0.2) is 36.2 Å². The number of phenols is 1. The van der Waals surface area contributed by atoms with E-state index in [1.165, 1.54) is 17.5 Å². The van der Waals surface area contributed by atoms with E-state index in [2.05, 4.69) is 44.2 Å². The molecule has 1 atom stereocenters. The third-order valence-electron chi connectivity index (χ3n) is 4.44. The van der Waals surface area contributed by atoms with Gasteiger partial charge in [0.25, 0.3) is 0 Å². The van der Waals surface area contributed by atoms with E-state index < -0.39 is 0 Å². The van der Waals surface area contributed by atoms with Crippen LogP contribution < -0.4 is 5.32 Å². The van der Waals surface area contributed by atoms with E-state index in [-0.39, 0.29) is 5.54 Å². The number of aromatic hydroxyl groups is 1. The van der Waals surface area contributed by atoms with E-state index in [0.717, 1.165) is 19.4 Å². The van der Waals surface area contributed by atoms with E-state index in [9.17, 15) is 5.11 Å². The molecule has 0 bridgehead atoms. The minimum atomic E-state index is 0.133. The van der Waals surface area contributed by atoms with Crippen LogP contribution in [0.3, 0.4) is 0 Å². The highest BCUT2D eigenvalue weighted by Gasteiger charge is 2.25. The fourth-order valence-corrected chi connectivity index (χ4v) is 2.53. The standard InChI is InChI=1S/C16H26N2O/c1-16(2,18(3)4)11-17-15-7-5-6-12-8-9-13(19)10-14(12)15/h8-10,15,17,19H,5-7,11H2,1-4H3. The highest BCUT2D eigenvalue weighted by Crippen LogP contribution is 2.32. The molecule has 2 rings (SSSR count). The van der Waals surface area contributed by atoms with Gasteiger partial charge in [-0.3, -0.25) is 0 Å². The maximum absolute atomic E-state index is 9.69. The number of benzene rings is 1. The molecule has 0 aromatic heterocycles. The maximum Gasteiger partial charge on any atom is 0.115 e. The highest BCUT2D eigenvalue weighted by atomic mass is 16.3. The second-order valence-electron chi connectivity index (χ2n) is 6.42. The summed E-state index contributed by atoms with van der Waals surface area (Å²) in [6, 6.07) is 6.16. The van der Waals surface area contributed by atoms with Crippen LogP contribution in [0.1, 0.15) is 43.9 Å². The van der Waals surface area contributed by atoms with Gasteiger partial charge in [-0.05, 0) is 70.5 Å². The van der Waals surface area contributed by atoms with Gasteiger partial charge in [0.2, 0.25) is 0 Å². The molecule has 0 fully saturated rings. The summed E-state index contributed by atoms with van der Waals surface area (Å²) in [4.78, 5) is 2.24. The Kier molecular flexibility index (Phi) is 4.16. The summed E-state index contributed by atoms with van der Waals surface area (Å²) in [5, 5.41) is 13.4. The van der Waals surface area contributed by atoms with Gasteiger partial charge in [0.05, 0.1) is 0 Å². The number of rotatable bonds is 4. The molecule has 3 heteroatoms. The van der Waals surface area contributed by atoms with Gasteiger partial charge in [0.1, 0.15) is 5.75 Å². The molecule has 0 aliphatic heterocycles. The molecule has 1 aromatic carbocycles. The Labute approximate surface area is 116 Å². The average Bonchev–Trinajstić information content (AvgIpc) is 2.36. The molecule has 0 spiro atoms. The van der Waals surface area contributed by atoms with Crippen molar-refractivity contribution in [3.8, 4) is 5.75 Å². The van der Waals surface area contributed by atoms with E-state index in [1.54, 1.807) is 6.07 Å². The zero-order valence-electron chi connectivity index (χ0n) is 12.5. The first-order valence-corrected chi connectivity index (χ1v) is 7.13. The monoisotopic (exact) mass is 262 g/mol. The van der Waals surface area contributed by atoms with Crippen molar-refractivity contribution < 1.29 is 5.11 Å². The zero-order chi connectivity index (χ0) is 14.0. The first-order chi connectivity index (χ1) is 8.90. The van der Waals surface area contributed by atoms with Crippen molar-refractivity contribution in [3.63, 3.8) is 0 Å². The Morgan fingerprint density at radius 1 is 1.37 bits per heavy atom. The summed E-state index contributed by atoms with van der Waals surface area (Å²) in [5.74, 6) is 0.374. The predicted molar refractivity (Wildman–Crippen MR) is 79.6 cm³/mol. The van der Waals surface area contributed by atoms with E-state index in [4.69, 9.17) is 0 Å². The topological polar surface area (TPSA) is 35.5 Å². The molecule has 0 saturated heterocycles. The number of nitrogens with one attached hydrogen (secondary N) is 1. The molecule has 1 aliphatic carbocycles. The van der Waals surface area contributed by atoms with E-state index >= 15 is 0 Å². The number of hydrogen-bond acceptors (Lipinski definition) is 3. The molecular formula is C16H26N2O. The minimum absolute atomic E-state index is 0.133. The van der Waals surface area contributed by atoms with Gasteiger partial charge in [0, 0.05) is 18.1 Å². The summed E-state index contributed by atoms with van der Waals surface area (Å²) in [7, 11) is 4.23. The SMILES string of the molecule is CN(C)C(C)(C)CNC1CCCc2ccc(O)cc21. The van der Waals surface area contributed by atoms with Crippen molar-refractivity contribution in [2.75, 3.05) is 20.6 Å². The number of likely N-dealkylation sites (N-methyl/N-ethyl adjacent to an activating group) is 1. The Morgan fingerprint density at radius 3 is 2.79 bits per heavy atom. The summed E-state index contributed by atoms with van der Waals surface area (Å²) in [5.41, 5.74) is 2.79. The summed E-state index contributed by atoms with van der Waals surface area (Å²) in [6.07, 6.45) is 3.50. The molecule has 2 N–H and O–H groups in total. The number of phenolic OH excluding ortho intramolecular Hbond substituents is 1. The molecule has 3 nitrogen and oxygen atoms in total. The third kappa shape index (κ3) is 3.28. The van der Waals surface area contributed by atoms with Crippen LogP contribution in [0.4, 0.5) is 0 Å². The van der Waals surface area contributed by atoms with E-state index in [1.807, 2.05) is 6.07 Å². The molecular weight excluding hydrogens is 236 g/mol. The molecule has 1 aliphatic rings. The van der Waals surface area contributed by atoms with Crippen LogP contribution in [-0.2, 0) is 6.42 Å². The molecule has 1 unspecified atom stereocenters. The molecule has 106 valence electrons. The number of aryl methyl sites for hydroxylation is 1. The van der Waals surface area contributed by atoms with Gasteiger partial charge in [-0.25, -0.2) is 0 Å². The number of hydrogen-bond donors (Lipinski definition) is 2. The van der Waals surface area contributed by atoms with Gasteiger partial charge in [-0.15, -0.1) is 0 Å². The zero-order valence-corrected chi connectivity index (χ0v) is 12.5. The van der Waals surface area contributed by atoms with Crippen LogP contribution >= 0.6 is 0 Å². The van der Waals surface area contributed by atoms with Crippen molar-refractivity contribution >= 4 is 0 Å². The minimum Gasteiger partial charge on any atom is -0.508 e. The third-order valence-corrected chi connectivity index (χ3v) is 4.44. The van der Waals surface area contributed by atoms with Crippen LogP contribution in [0.15, 0.2) is 18.2 Å². The largest absolute Gasteiger partial charge is 0.508 e. The van der Waals surface area contributed by atoms with Crippen molar-refractivity contribution in [1.29, 1.82) is 0 Å². The summed E-state index contributed by atoms with van der Waals surface area (Å²) < 4.78 is 0. The highest BCUT2D eigenvalue weighted by molar-refractivity contribution is 5.38. The predicted octanol–water partition coefficient (Wildman–Crippen LogP) is 2.70. The lowest BCUT2D eigenvalue weighted by molar-refractivity contribution is 0.182. The van der Waals surface area contributed by atoms with Gasteiger partial charge in [-0.1, -0.05) is 6.07 Å². The Bertz CT molecular complexity index is 440. The average molecular weight is 262 g/mol. The van der Waals surface area contributed by atoms with Crippen molar-refractivity contribution in [2.45, 2.75) is 44.7 Å². The van der Waals surface area contributed by atoms with E-state index in [0.29, 0.717) is 11.8 Å². The fourth-order valence-electron chi connectivity index (χ4n) is 2.53. The Morgan fingerprint density at radius 2 is 2.11 bits per heavy atom. The van der Waals surface area contributed by atoms with Gasteiger partial charge in [-0.2, -0.15) is 0 Å². The van der Waals surface area contributed by atoms with Gasteiger partial charge < -0.3 is 15.3 Å².